The maximum Gasteiger partial charge on any atom is 0.265 e. The van der Waals surface area contributed by atoms with Crippen LogP contribution in [0.5, 0.6) is 11.5 Å². The number of halogens is 3. The number of hydrogen-bond acceptors (Lipinski definition) is 6. The average molecular weight is 444 g/mol. The Hall–Kier alpha value is -3.41. The Balaban J connectivity index is 1.62. The summed E-state index contributed by atoms with van der Waals surface area (Å²) in [4.78, 5) is 0. The minimum atomic E-state index is -0.682. The van der Waals surface area contributed by atoms with Crippen molar-refractivity contribution in [3.8, 4) is 29.2 Å². The molecule has 0 fully saturated rings. The number of H-pyrrole nitrogens is 1. The number of benzene rings is 2. The number of hydrogen-bond donors (Lipinski definition) is 1. The molecule has 4 aromatic rings. The predicted molar refractivity (Wildman–Crippen MR) is 107 cm³/mol. The summed E-state index contributed by atoms with van der Waals surface area (Å²) in [7, 11) is 0. The van der Waals surface area contributed by atoms with Crippen LogP contribution in [-0.4, -0.2) is 20.4 Å². The molecule has 0 amide bonds. The largest absolute Gasteiger partial charge is 0.453 e. The van der Waals surface area contributed by atoms with Crippen molar-refractivity contribution in [3.63, 3.8) is 0 Å². The summed E-state index contributed by atoms with van der Waals surface area (Å²) in [6.45, 7) is 1.85. The predicted octanol–water partition coefficient (Wildman–Crippen LogP) is 5.47. The molecule has 10 heteroatoms. The van der Waals surface area contributed by atoms with E-state index in [4.69, 9.17) is 37.6 Å². The van der Waals surface area contributed by atoms with Gasteiger partial charge in [0.15, 0.2) is 11.6 Å². The third kappa shape index (κ3) is 3.99. The van der Waals surface area contributed by atoms with Crippen molar-refractivity contribution in [2.45, 2.75) is 13.3 Å². The number of nitrogens with zero attached hydrogens (tertiary/aromatic N) is 4. The van der Waals surface area contributed by atoms with Crippen LogP contribution in [0.4, 0.5) is 4.39 Å². The molecule has 30 heavy (non-hydrogen) atoms. The molecule has 0 unspecified atom stereocenters. The van der Waals surface area contributed by atoms with E-state index < -0.39 is 5.82 Å². The fraction of sp³-hybridized carbons (Fsp3) is 0.100. The van der Waals surface area contributed by atoms with E-state index in [-0.39, 0.29) is 50.9 Å². The van der Waals surface area contributed by atoms with E-state index in [2.05, 4.69) is 20.4 Å². The lowest BCUT2D eigenvalue weighted by Gasteiger charge is -2.11. The number of ether oxygens (including phenoxy) is 1. The van der Waals surface area contributed by atoms with Crippen molar-refractivity contribution in [1.29, 1.82) is 5.26 Å². The fourth-order valence-corrected chi connectivity index (χ4v) is 3.17. The van der Waals surface area contributed by atoms with Crippen molar-refractivity contribution in [3.05, 3.63) is 75.0 Å². The number of nitriles is 1. The molecule has 0 aliphatic rings. The van der Waals surface area contributed by atoms with Gasteiger partial charge < -0.3 is 9.15 Å². The Morgan fingerprint density at radius 1 is 1.23 bits per heavy atom. The van der Waals surface area contributed by atoms with Gasteiger partial charge in [-0.1, -0.05) is 29.3 Å². The smallest absolute Gasteiger partial charge is 0.265 e. The monoisotopic (exact) mass is 443 g/mol. The van der Waals surface area contributed by atoms with E-state index in [0.717, 1.165) is 5.56 Å². The van der Waals surface area contributed by atoms with E-state index in [1.165, 1.54) is 30.3 Å². The number of nitrogens with one attached hydrogen (secondary N) is 1. The highest BCUT2D eigenvalue weighted by Gasteiger charge is 2.19. The Morgan fingerprint density at radius 2 is 2.07 bits per heavy atom. The van der Waals surface area contributed by atoms with Crippen molar-refractivity contribution in [1.82, 2.24) is 20.4 Å². The van der Waals surface area contributed by atoms with Gasteiger partial charge in [-0.15, -0.1) is 10.2 Å². The normalized spacial score (nSPS) is 10.8. The Morgan fingerprint density at radius 3 is 2.80 bits per heavy atom. The van der Waals surface area contributed by atoms with Gasteiger partial charge in [-0.25, -0.2) is 4.39 Å². The van der Waals surface area contributed by atoms with E-state index in [0.29, 0.717) is 5.69 Å². The second kappa shape index (κ2) is 8.14. The van der Waals surface area contributed by atoms with Gasteiger partial charge in [-0.05, 0) is 36.8 Å². The lowest BCUT2D eigenvalue weighted by Crippen LogP contribution is -1.98. The number of aromatic nitrogens is 4. The summed E-state index contributed by atoms with van der Waals surface area (Å²) in [6.07, 6.45) is 1.66. The molecule has 2 heterocycles. The molecule has 7 nitrogen and oxygen atoms in total. The first-order chi connectivity index (χ1) is 14.4. The van der Waals surface area contributed by atoms with Crippen LogP contribution in [0.1, 0.15) is 22.6 Å². The van der Waals surface area contributed by atoms with E-state index in [1.807, 2.05) is 13.0 Å². The van der Waals surface area contributed by atoms with Gasteiger partial charge in [0.2, 0.25) is 5.89 Å². The van der Waals surface area contributed by atoms with Gasteiger partial charge in [0.05, 0.1) is 29.3 Å². The molecule has 150 valence electrons. The van der Waals surface area contributed by atoms with Crippen LogP contribution < -0.4 is 4.74 Å². The SMILES string of the molecule is Cc1cn[nH]c1-c1nnc(Cc2ccc(Cl)c(Oc3cc(Cl)cc(C#N)c3)c2F)o1. The Labute approximate surface area is 180 Å². The average Bonchev–Trinajstić information content (AvgIpc) is 3.35. The zero-order chi connectivity index (χ0) is 21.3. The molecule has 0 saturated carbocycles. The lowest BCUT2D eigenvalue weighted by atomic mass is 10.1. The quantitative estimate of drug-likeness (QED) is 0.438. The Kier molecular flexibility index (Phi) is 5.40. The first-order valence-corrected chi connectivity index (χ1v) is 9.38. The highest BCUT2D eigenvalue weighted by Crippen LogP contribution is 2.36. The summed E-state index contributed by atoms with van der Waals surface area (Å²) in [5, 5.41) is 24.0. The number of aromatic amines is 1. The van der Waals surface area contributed by atoms with E-state index in [1.54, 1.807) is 6.20 Å². The van der Waals surface area contributed by atoms with Crippen LogP contribution in [0.2, 0.25) is 10.0 Å². The number of aryl methyl sites for hydroxylation is 1. The fourth-order valence-electron chi connectivity index (χ4n) is 2.76. The second-order valence-corrected chi connectivity index (χ2v) is 7.19. The van der Waals surface area contributed by atoms with Crippen molar-refractivity contribution >= 4 is 23.2 Å². The van der Waals surface area contributed by atoms with Crippen molar-refractivity contribution in [2.75, 3.05) is 0 Å². The topological polar surface area (TPSA) is 101 Å². The molecular weight excluding hydrogens is 432 g/mol. The highest BCUT2D eigenvalue weighted by molar-refractivity contribution is 6.32. The summed E-state index contributed by atoms with van der Waals surface area (Å²) in [5.74, 6) is -0.218. The molecule has 1 N–H and O–H groups in total. The van der Waals surface area contributed by atoms with Gasteiger partial charge >= 0.3 is 0 Å². The maximum atomic E-state index is 15.1. The highest BCUT2D eigenvalue weighted by atomic mass is 35.5. The van der Waals surface area contributed by atoms with Gasteiger partial charge in [-0.3, -0.25) is 5.10 Å². The van der Waals surface area contributed by atoms with Crippen LogP contribution in [0.25, 0.3) is 11.6 Å². The molecule has 0 saturated heterocycles. The molecule has 0 radical (unpaired) electrons. The molecule has 2 aromatic carbocycles. The Bertz CT molecular complexity index is 1280. The molecule has 0 spiro atoms. The van der Waals surface area contributed by atoms with Crippen molar-refractivity contribution in [2.24, 2.45) is 0 Å². The van der Waals surface area contributed by atoms with E-state index in [9.17, 15) is 0 Å². The number of rotatable bonds is 5. The molecule has 4 rings (SSSR count). The molecular formula is C20H12Cl2FN5O2. The third-order valence-corrected chi connectivity index (χ3v) is 4.72. The molecule has 0 aliphatic carbocycles. The lowest BCUT2D eigenvalue weighted by molar-refractivity contribution is 0.437. The summed E-state index contributed by atoms with van der Waals surface area (Å²) in [5.41, 5.74) is 1.96. The summed E-state index contributed by atoms with van der Waals surface area (Å²) >= 11 is 12.1. The summed E-state index contributed by atoms with van der Waals surface area (Å²) < 4.78 is 26.3. The molecule has 2 aromatic heterocycles. The maximum absolute atomic E-state index is 15.1. The van der Waals surface area contributed by atoms with Crippen LogP contribution in [0, 0.1) is 24.1 Å². The minimum Gasteiger partial charge on any atom is -0.453 e. The van der Waals surface area contributed by atoms with E-state index >= 15 is 4.39 Å². The van der Waals surface area contributed by atoms with Gasteiger partial charge in [0.25, 0.3) is 5.89 Å². The minimum absolute atomic E-state index is 0.0263. The zero-order valence-electron chi connectivity index (χ0n) is 15.4. The van der Waals surface area contributed by atoms with Gasteiger partial charge in [-0.2, -0.15) is 10.4 Å². The first-order valence-electron chi connectivity index (χ1n) is 8.62. The van der Waals surface area contributed by atoms with Crippen LogP contribution in [-0.2, 0) is 6.42 Å². The summed E-state index contributed by atoms with van der Waals surface area (Å²) in [6, 6.07) is 9.33. The van der Waals surface area contributed by atoms with Crippen LogP contribution >= 0.6 is 23.2 Å². The van der Waals surface area contributed by atoms with Crippen molar-refractivity contribution < 1.29 is 13.5 Å². The van der Waals surface area contributed by atoms with Crippen LogP contribution in [0.15, 0.2) is 40.9 Å². The third-order valence-electron chi connectivity index (χ3n) is 4.20. The first kappa shape index (κ1) is 19.9. The molecule has 0 atom stereocenters. The second-order valence-electron chi connectivity index (χ2n) is 6.34. The standard InChI is InChI=1S/C20H12Cl2FN5O2/c1-10-9-25-27-18(10)20-28-26-16(30-20)6-12-2-3-15(22)19(17(12)23)29-14-5-11(8-24)4-13(21)7-14/h2-5,7,9H,6H2,1H3,(H,25,27). The van der Waals surface area contributed by atoms with Gasteiger partial charge in [0.1, 0.15) is 11.4 Å². The molecule has 0 bridgehead atoms. The zero-order valence-corrected chi connectivity index (χ0v) is 16.9. The van der Waals surface area contributed by atoms with Crippen LogP contribution in [0.3, 0.4) is 0 Å². The van der Waals surface area contributed by atoms with Gasteiger partial charge in [0, 0.05) is 10.6 Å². The molecule has 0 aliphatic heterocycles.